The first-order valence-corrected chi connectivity index (χ1v) is 11.4. The molecule has 1 fully saturated rings. The van der Waals surface area contributed by atoms with Crippen molar-refractivity contribution in [2.75, 3.05) is 27.3 Å². The van der Waals surface area contributed by atoms with Gasteiger partial charge < -0.3 is 19.7 Å². The van der Waals surface area contributed by atoms with Crippen LogP contribution in [0.2, 0.25) is 0 Å². The molecule has 6 heteroatoms. The molecule has 2 atom stereocenters. The fraction of sp³-hybridized carbons (Fsp3) is 0.286. The average Bonchev–Trinajstić information content (AvgIpc) is 3.32. The summed E-state index contributed by atoms with van der Waals surface area (Å²) in [4.78, 5) is 28.6. The van der Waals surface area contributed by atoms with Crippen molar-refractivity contribution in [3.63, 3.8) is 0 Å². The van der Waals surface area contributed by atoms with E-state index in [9.17, 15) is 9.59 Å². The average molecular weight is 459 g/mol. The minimum Gasteiger partial charge on any atom is -0.493 e. The zero-order valence-corrected chi connectivity index (χ0v) is 19.8. The number of para-hydroxylation sites is 1. The first kappa shape index (κ1) is 23.4. The lowest BCUT2D eigenvalue weighted by molar-refractivity contribution is -0.125. The first-order valence-electron chi connectivity index (χ1n) is 11.4. The maximum atomic E-state index is 13.4. The molecule has 1 N–H and O–H groups in total. The molecule has 4 rings (SSSR count). The van der Waals surface area contributed by atoms with Gasteiger partial charge >= 0.3 is 0 Å². The van der Waals surface area contributed by atoms with Gasteiger partial charge in [0.2, 0.25) is 5.91 Å². The van der Waals surface area contributed by atoms with E-state index in [4.69, 9.17) is 9.47 Å². The number of nitrogens with zero attached hydrogens (tertiary/aromatic N) is 1. The number of rotatable bonds is 7. The number of carbonyl (C=O) groups is 2. The van der Waals surface area contributed by atoms with Crippen molar-refractivity contribution in [1.29, 1.82) is 0 Å². The highest BCUT2D eigenvalue weighted by Gasteiger charge is 2.42. The van der Waals surface area contributed by atoms with E-state index in [2.05, 4.69) is 5.32 Å². The van der Waals surface area contributed by atoms with E-state index in [-0.39, 0.29) is 17.7 Å². The summed E-state index contributed by atoms with van der Waals surface area (Å²) in [5, 5.41) is 3.07. The molecule has 1 heterocycles. The third-order valence-electron chi connectivity index (χ3n) is 6.46. The second kappa shape index (κ2) is 10.4. The highest BCUT2D eigenvalue weighted by molar-refractivity contribution is 5.96. The minimum absolute atomic E-state index is 0.0664. The predicted octanol–water partition coefficient (Wildman–Crippen LogP) is 4.18. The Bertz CT molecular complexity index is 1160. The molecule has 0 aliphatic carbocycles. The third-order valence-corrected chi connectivity index (χ3v) is 6.46. The van der Waals surface area contributed by atoms with Gasteiger partial charge in [-0.25, -0.2) is 0 Å². The molecule has 3 aromatic rings. The Morgan fingerprint density at radius 3 is 2.35 bits per heavy atom. The molecule has 0 radical (unpaired) electrons. The van der Waals surface area contributed by atoms with Crippen molar-refractivity contribution in [3.8, 4) is 11.5 Å². The van der Waals surface area contributed by atoms with Gasteiger partial charge in [0.15, 0.2) is 11.5 Å². The topological polar surface area (TPSA) is 67.9 Å². The zero-order valence-electron chi connectivity index (χ0n) is 19.8. The van der Waals surface area contributed by atoms with Crippen molar-refractivity contribution in [2.45, 2.75) is 19.4 Å². The van der Waals surface area contributed by atoms with Crippen LogP contribution in [0.1, 0.15) is 33.0 Å². The number of amides is 2. The summed E-state index contributed by atoms with van der Waals surface area (Å²) in [7, 11) is 3.19. The van der Waals surface area contributed by atoms with Gasteiger partial charge in [0.05, 0.1) is 20.1 Å². The number of ether oxygens (including phenoxy) is 2. The van der Waals surface area contributed by atoms with Crippen LogP contribution in [0.25, 0.3) is 0 Å². The maximum Gasteiger partial charge on any atom is 0.254 e. The van der Waals surface area contributed by atoms with Gasteiger partial charge in [0.25, 0.3) is 5.91 Å². The Morgan fingerprint density at radius 2 is 1.65 bits per heavy atom. The van der Waals surface area contributed by atoms with E-state index in [1.54, 1.807) is 19.1 Å². The molecule has 0 bridgehead atoms. The number of likely N-dealkylation sites (tertiary alicyclic amines) is 1. The van der Waals surface area contributed by atoms with E-state index in [1.807, 2.05) is 79.7 Å². The molecule has 0 saturated carbocycles. The highest BCUT2D eigenvalue weighted by Crippen LogP contribution is 2.42. The molecule has 0 aromatic heterocycles. The summed E-state index contributed by atoms with van der Waals surface area (Å²) >= 11 is 0. The van der Waals surface area contributed by atoms with Crippen molar-refractivity contribution in [1.82, 2.24) is 10.2 Å². The number of benzene rings is 3. The second-order valence-corrected chi connectivity index (χ2v) is 8.52. The minimum atomic E-state index is -0.419. The number of methoxy groups -OCH3 is 2. The quantitative estimate of drug-likeness (QED) is 0.577. The summed E-state index contributed by atoms with van der Waals surface area (Å²) < 4.78 is 11.2. The molecule has 0 spiro atoms. The van der Waals surface area contributed by atoms with Crippen molar-refractivity contribution < 1.29 is 19.1 Å². The van der Waals surface area contributed by atoms with Crippen LogP contribution in [0.5, 0.6) is 11.5 Å². The molecular weight excluding hydrogens is 428 g/mol. The lowest BCUT2D eigenvalue weighted by Crippen LogP contribution is -2.35. The number of hydrogen-bond acceptors (Lipinski definition) is 4. The van der Waals surface area contributed by atoms with E-state index >= 15 is 0 Å². The largest absolute Gasteiger partial charge is 0.493 e. The fourth-order valence-electron chi connectivity index (χ4n) is 4.65. The Hall–Kier alpha value is -3.80. The molecule has 2 unspecified atom stereocenters. The second-order valence-electron chi connectivity index (χ2n) is 8.52. The first-order chi connectivity index (χ1) is 16.5. The Kier molecular flexibility index (Phi) is 7.16. The number of carbonyl (C=O) groups excluding carboxylic acids is 2. The summed E-state index contributed by atoms with van der Waals surface area (Å²) in [5.41, 5.74) is 3.46. The van der Waals surface area contributed by atoms with E-state index in [1.165, 1.54) is 0 Å². The zero-order chi connectivity index (χ0) is 24.1. The van der Waals surface area contributed by atoms with Gasteiger partial charge in [0.1, 0.15) is 0 Å². The van der Waals surface area contributed by atoms with E-state index in [0.717, 1.165) is 16.7 Å². The van der Waals surface area contributed by atoms with E-state index < -0.39 is 5.92 Å². The summed E-state index contributed by atoms with van der Waals surface area (Å²) in [6, 6.07) is 23.0. The van der Waals surface area contributed by atoms with Gasteiger partial charge in [0, 0.05) is 36.7 Å². The van der Waals surface area contributed by atoms with Crippen LogP contribution in [0.4, 0.5) is 0 Å². The molecule has 1 aliphatic heterocycles. The monoisotopic (exact) mass is 458 g/mol. The van der Waals surface area contributed by atoms with Gasteiger partial charge in [-0.15, -0.1) is 0 Å². The Morgan fingerprint density at radius 1 is 0.912 bits per heavy atom. The SMILES string of the molecule is COc1cccc(C2CN(C(=O)c3ccccc3C)CC2C(=O)NCc2ccccc2)c1OC. The summed E-state index contributed by atoms with van der Waals surface area (Å²) in [6.07, 6.45) is 0. The van der Waals surface area contributed by atoms with Gasteiger partial charge in [-0.05, 0) is 30.2 Å². The summed E-state index contributed by atoms with van der Waals surface area (Å²) in [5.74, 6) is 0.404. The van der Waals surface area contributed by atoms with Crippen LogP contribution in [0.15, 0.2) is 72.8 Å². The van der Waals surface area contributed by atoms with Crippen LogP contribution in [0.3, 0.4) is 0 Å². The smallest absolute Gasteiger partial charge is 0.254 e. The fourth-order valence-corrected chi connectivity index (χ4v) is 4.65. The third kappa shape index (κ3) is 4.76. The number of nitrogens with one attached hydrogen (secondary N) is 1. The lowest BCUT2D eigenvalue weighted by atomic mass is 9.87. The summed E-state index contributed by atoms with van der Waals surface area (Å²) in [6.45, 7) is 3.11. The molecule has 6 nitrogen and oxygen atoms in total. The van der Waals surface area contributed by atoms with Gasteiger partial charge in [-0.1, -0.05) is 60.7 Å². The van der Waals surface area contributed by atoms with Crippen LogP contribution in [-0.2, 0) is 11.3 Å². The van der Waals surface area contributed by atoms with Crippen LogP contribution >= 0.6 is 0 Å². The number of aryl methyl sites for hydroxylation is 1. The van der Waals surface area contributed by atoms with Gasteiger partial charge in [-0.3, -0.25) is 9.59 Å². The van der Waals surface area contributed by atoms with Crippen molar-refractivity contribution >= 4 is 11.8 Å². The molecule has 34 heavy (non-hydrogen) atoms. The molecular formula is C28H30N2O4. The highest BCUT2D eigenvalue weighted by atomic mass is 16.5. The standard InChI is InChI=1S/C28H30N2O4/c1-19-10-7-8-13-21(19)28(32)30-17-23(22-14-9-15-25(33-2)26(22)34-3)24(18-30)27(31)29-16-20-11-5-4-6-12-20/h4-15,23-24H,16-18H2,1-3H3,(H,29,31). The molecule has 1 aliphatic rings. The predicted molar refractivity (Wildman–Crippen MR) is 131 cm³/mol. The van der Waals surface area contributed by atoms with E-state index in [0.29, 0.717) is 36.7 Å². The van der Waals surface area contributed by atoms with Gasteiger partial charge in [-0.2, -0.15) is 0 Å². The molecule has 2 amide bonds. The Labute approximate surface area is 200 Å². The molecule has 176 valence electrons. The Balaban J connectivity index is 1.64. The molecule has 1 saturated heterocycles. The van der Waals surface area contributed by atoms with Crippen LogP contribution in [-0.4, -0.2) is 44.0 Å². The van der Waals surface area contributed by atoms with Crippen molar-refractivity contribution in [3.05, 3.63) is 95.1 Å². The normalized spacial score (nSPS) is 17.3. The van der Waals surface area contributed by atoms with Crippen molar-refractivity contribution in [2.24, 2.45) is 5.92 Å². The maximum absolute atomic E-state index is 13.4. The number of hydrogen-bond donors (Lipinski definition) is 1. The van der Waals surface area contributed by atoms with Crippen LogP contribution in [0, 0.1) is 12.8 Å². The molecule has 3 aromatic carbocycles. The van der Waals surface area contributed by atoms with Crippen LogP contribution < -0.4 is 14.8 Å². The lowest BCUT2D eigenvalue weighted by Gasteiger charge is -2.21.